The van der Waals surface area contributed by atoms with Gasteiger partial charge in [0.05, 0.1) is 5.52 Å². The fourth-order valence-electron chi connectivity index (χ4n) is 8.92. The summed E-state index contributed by atoms with van der Waals surface area (Å²) in [7, 11) is 15.6. The van der Waals surface area contributed by atoms with E-state index in [1.807, 2.05) is 24.3 Å². The van der Waals surface area contributed by atoms with Gasteiger partial charge in [-0.15, -0.1) is 0 Å². The molecule has 3 heterocycles. The van der Waals surface area contributed by atoms with Crippen LogP contribution in [0.4, 0.5) is 0 Å². The molecule has 57 heavy (non-hydrogen) atoms. The summed E-state index contributed by atoms with van der Waals surface area (Å²) in [6.45, 7) is 0. The van der Waals surface area contributed by atoms with E-state index in [4.69, 9.17) is 19.4 Å². The van der Waals surface area contributed by atoms with E-state index in [2.05, 4.69) is 163 Å². The summed E-state index contributed by atoms with van der Waals surface area (Å²) in [5.41, 5.74) is 18.9. The summed E-state index contributed by atoms with van der Waals surface area (Å²) in [6.07, 6.45) is 0. The minimum absolute atomic E-state index is 0.613. The molecule has 0 radical (unpaired) electrons. The minimum atomic E-state index is 0.613. The van der Waals surface area contributed by atoms with Crippen molar-refractivity contribution in [2.75, 3.05) is 0 Å². The van der Waals surface area contributed by atoms with Gasteiger partial charge in [-0.3, -0.25) is 0 Å². The van der Waals surface area contributed by atoms with Crippen LogP contribution >= 0.6 is 0 Å². The van der Waals surface area contributed by atoms with E-state index in [0.717, 1.165) is 55.7 Å². The maximum absolute atomic E-state index is 7.02. The quantitative estimate of drug-likeness (QED) is 0.222. The van der Waals surface area contributed by atoms with Crippen molar-refractivity contribution < 1.29 is 4.42 Å². The third-order valence-electron chi connectivity index (χ3n) is 11.8. The molecule has 0 fully saturated rings. The summed E-state index contributed by atoms with van der Waals surface area (Å²) < 4.78 is 9.45. The summed E-state index contributed by atoms with van der Waals surface area (Å²) in [4.78, 5) is 15.4. The first-order valence-corrected chi connectivity index (χ1v) is 19.6. The summed E-state index contributed by atoms with van der Waals surface area (Å²) in [6, 6.07) is 44.5. The number of rotatable bonds is 5. The monoisotopic (exact) mass is 724 g/mol. The molecule has 10 rings (SSSR count). The van der Waals surface area contributed by atoms with Gasteiger partial charge in [-0.2, -0.15) is 0 Å². The molecule has 0 bridgehead atoms. The molecule has 0 unspecified atom stereocenters. The molecule has 0 amide bonds. The number of furan rings is 1. The highest BCUT2D eigenvalue weighted by Gasteiger charge is 2.26. The van der Waals surface area contributed by atoms with Gasteiger partial charge >= 0.3 is 0 Å². The lowest BCUT2D eigenvalue weighted by atomic mass is 9.71. The highest BCUT2D eigenvalue weighted by atomic mass is 16.3. The van der Waals surface area contributed by atoms with Crippen molar-refractivity contribution in [3.05, 3.63) is 127 Å². The van der Waals surface area contributed by atoms with E-state index in [0.29, 0.717) is 17.5 Å². The standard InChI is InChI=1S/C45H35B7N4O/c46-27-19-29-33-37(51)38(52)35-34-36(50)30(47)21-31(48)39(34)56(40(35)42(33)57-41(29)32(49)20-27)28-16-8-15-26(18-28)45-54-43(23-11-5-2-6-12-23)53-44(55-45)25-14-7-13-24(17-25)22-9-3-1-4-10-22/h1-21H,46-52H2. The predicted molar refractivity (Wildman–Crippen MR) is 260 cm³/mol. The van der Waals surface area contributed by atoms with Crippen molar-refractivity contribution in [3.63, 3.8) is 0 Å². The van der Waals surface area contributed by atoms with Crippen molar-refractivity contribution in [1.82, 2.24) is 19.5 Å². The lowest BCUT2D eigenvalue weighted by Gasteiger charge is -2.14. The molecular formula is C45H35B7N4O. The number of benzene rings is 7. The summed E-state index contributed by atoms with van der Waals surface area (Å²) >= 11 is 0. The second-order valence-corrected chi connectivity index (χ2v) is 15.6. The van der Waals surface area contributed by atoms with Gasteiger partial charge in [0.2, 0.25) is 0 Å². The summed E-state index contributed by atoms with van der Waals surface area (Å²) in [5.74, 6) is 1.87. The molecule has 0 saturated heterocycles. The van der Waals surface area contributed by atoms with Crippen molar-refractivity contribution in [1.29, 1.82) is 0 Å². The Kier molecular flexibility index (Phi) is 8.22. The normalized spacial score (nSPS) is 11.6. The van der Waals surface area contributed by atoms with Gasteiger partial charge in [-0.05, 0) is 40.2 Å². The second-order valence-electron chi connectivity index (χ2n) is 15.6. The second kappa shape index (κ2) is 13.4. The maximum Gasteiger partial charge on any atom is 0.164 e. The van der Waals surface area contributed by atoms with Gasteiger partial charge < -0.3 is 8.98 Å². The van der Waals surface area contributed by atoms with Gasteiger partial charge in [0.15, 0.2) is 23.1 Å². The molecule has 0 aliphatic heterocycles. The Balaban J connectivity index is 1.25. The fraction of sp³-hybridized carbons (Fsp3) is 0. The molecule has 0 N–H and O–H groups in total. The zero-order chi connectivity index (χ0) is 39.1. The molecule has 0 aliphatic rings. The molecule has 0 aliphatic carbocycles. The van der Waals surface area contributed by atoms with Crippen molar-refractivity contribution in [2.24, 2.45) is 0 Å². The Labute approximate surface area is 337 Å². The highest BCUT2D eigenvalue weighted by molar-refractivity contribution is 6.64. The van der Waals surface area contributed by atoms with Crippen LogP contribution in [-0.2, 0) is 0 Å². The first kappa shape index (κ1) is 35.0. The molecule has 7 aromatic carbocycles. The molecule has 262 valence electrons. The molecule has 0 spiro atoms. The maximum atomic E-state index is 7.02. The van der Waals surface area contributed by atoms with Crippen LogP contribution in [0.2, 0.25) is 0 Å². The highest BCUT2D eigenvalue weighted by Crippen LogP contribution is 2.38. The zero-order valence-electron chi connectivity index (χ0n) is 33.3. The average molecular weight is 723 g/mol. The van der Waals surface area contributed by atoms with E-state index in [1.54, 1.807) is 0 Å². The topological polar surface area (TPSA) is 56.7 Å². The SMILES string of the molecule is Bc1cc(B)c2oc3c(c(B)c(B)c4c5c(B)c(B)cc(B)c5n(-c5cccc(-c6nc(-c7ccccc7)nc(-c7cccc(-c8ccccc8)c7)n6)c5)c34)c2c1. The Bertz CT molecular complexity index is 3270. The Morgan fingerprint density at radius 1 is 0.404 bits per heavy atom. The van der Waals surface area contributed by atoms with Crippen LogP contribution in [0.25, 0.3) is 94.7 Å². The first-order valence-electron chi connectivity index (χ1n) is 19.6. The average Bonchev–Trinajstić information content (AvgIpc) is 3.81. The lowest BCUT2D eigenvalue weighted by Crippen LogP contribution is -2.32. The molecule has 10 aromatic rings. The van der Waals surface area contributed by atoms with Crippen LogP contribution in [0.5, 0.6) is 0 Å². The third-order valence-corrected chi connectivity index (χ3v) is 11.8. The van der Waals surface area contributed by atoms with Crippen LogP contribution in [0.1, 0.15) is 0 Å². The van der Waals surface area contributed by atoms with Gasteiger partial charge in [-0.25, -0.2) is 15.0 Å². The van der Waals surface area contributed by atoms with Gasteiger partial charge in [0.25, 0.3) is 0 Å². The number of hydrogen-bond donors (Lipinski definition) is 0. The van der Waals surface area contributed by atoms with E-state index < -0.39 is 0 Å². The Morgan fingerprint density at radius 2 is 0.965 bits per heavy atom. The van der Waals surface area contributed by atoms with Crippen LogP contribution in [0.3, 0.4) is 0 Å². The fourth-order valence-corrected chi connectivity index (χ4v) is 8.92. The summed E-state index contributed by atoms with van der Waals surface area (Å²) in [5, 5.41) is 4.87. The minimum Gasteiger partial charge on any atom is -0.454 e. The molecule has 3 aromatic heterocycles. The van der Waals surface area contributed by atoms with E-state index >= 15 is 0 Å². The van der Waals surface area contributed by atoms with Crippen LogP contribution in [0, 0.1) is 0 Å². The number of nitrogens with zero attached hydrogens (tertiary/aromatic N) is 4. The van der Waals surface area contributed by atoms with Crippen molar-refractivity contribution in [3.8, 4) is 51.0 Å². The van der Waals surface area contributed by atoms with Gasteiger partial charge in [0, 0.05) is 44.1 Å². The molecule has 12 heteroatoms. The molecule has 0 saturated carbocycles. The van der Waals surface area contributed by atoms with Crippen molar-refractivity contribution >= 4 is 137 Å². The predicted octanol–water partition coefficient (Wildman–Crippen LogP) is -0.655. The number of hydrogen-bond acceptors (Lipinski definition) is 4. The lowest BCUT2D eigenvalue weighted by molar-refractivity contribution is 0.674. The zero-order valence-corrected chi connectivity index (χ0v) is 33.3. The molecule has 5 nitrogen and oxygen atoms in total. The van der Waals surface area contributed by atoms with Gasteiger partial charge in [-0.1, -0.05) is 142 Å². The largest absolute Gasteiger partial charge is 0.454 e. The van der Waals surface area contributed by atoms with Crippen LogP contribution < -0.4 is 38.2 Å². The van der Waals surface area contributed by atoms with Crippen LogP contribution in [0.15, 0.2) is 132 Å². The van der Waals surface area contributed by atoms with E-state index in [1.165, 1.54) is 59.8 Å². The number of fused-ring (bicyclic) bond motifs is 7. The van der Waals surface area contributed by atoms with Crippen LogP contribution in [-0.4, -0.2) is 74.4 Å². The number of aromatic nitrogens is 4. The van der Waals surface area contributed by atoms with E-state index in [9.17, 15) is 0 Å². The third kappa shape index (κ3) is 5.61. The van der Waals surface area contributed by atoms with E-state index in [-0.39, 0.29) is 0 Å². The molecular weight excluding hydrogens is 688 g/mol. The Hall–Kier alpha value is -6.40. The van der Waals surface area contributed by atoms with Crippen molar-refractivity contribution in [2.45, 2.75) is 0 Å². The van der Waals surface area contributed by atoms with Gasteiger partial charge in [0.1, 0.15) is 60.5 Å². The molecule has 0 atom stereocenters. The smallest absolute Gasteiger partial charge is 0.164 e. The Morgan fingerprint density at radius 3 is 1.67 bits per heavy atom. The first-order chi connectivity index (χ1) is 27.7.